The minimum atomic E-state index is -0.934. The normalized spacial score (nSPS) is 11.1. The van der Waals surface area contributed by atoms with E-state index in [2.05, 4.69) is 14.6 Å². The number of fused-ring (bicyclic) bond motifs is 1. The van der Waals surface area contributed by atoms with Crippen LogP contribution in [0.15, 0.2) is 30.5 Å². The molecule has 1 aromatic carbocycles. The monoisotopic (exact) mass is 284 g/mol. The van der Waals surface area contributed by atoms with Gasteiger partial charge in [-0.15, -0.1) is 0 Å². The Morgan fingerprint density at radius 1 is 1.33 bits per heavy atom. The van der Waals surface area contributed by atoms with Gasteiger partial charge in [0, 0.05) is 19.7 Å². The number of carboxylic acid groups (broad SMARTS) is 1. The lowest BCUT2D eigenvalue weighted by Crippen LogP contribution is -2.08. The lowest BCUT2D eigenvalue weighted by atomic mass is 10.2. The Hall–Kier alpha value is -2.63. The molecule has 0 spiro atoms. The number of carboxylic acids is 1. The van der Waals surface area contributed by atoms with Crippen LogP contribution in [0.25, 0.3) is 11.0 Å². The summed E-state index contributed by atoms with van der Waals surface area (Å²) in [6.45, 7) is 2.71. The summed E-state index contributed by atoms with van der Waals surface area (Å²) >= 11 is 0. The Labute approximate surface area is 121 Å². The zero-order valence-electron chi connectivity index (χ0n) is 11.9. The lowest BCUT2D eigenvalue weighted by molar-refractivity contribution is 0.0697. The van der Waals surface area contributed by atoms with E-state index < -0.39 is 5.97 Å². The van der Waals surface area contributed by atoms with E-state index in [1.165, 1.54) is 0 Å². The fraction of sp³-hybridized carbons (Fsp3) is 0.267. The number of carbonyl (C=O) groups is 1. The van der Waals surface area contributed by atoms with Crippen LogP contribution in [0.1, 0.15) is 28.8 Å². The summed E-state index contributed by atoms with van der Waals surface area (Å²) in [7, 11) is 1.91. The average molecular weight is 284 g/mol. The molecule has 0 aliphatic carbocycles. The van der Waals surface area contributed by atoms with Gasteiger partial charge in [0.1, 0.15) is 5.82 Å². The van der Waals surface area contributed by atoms with Gasteiger partial charge in [-0.3, -0.25) is 4.68 Å². The topological polar surface area (TPSA) is 72.9 Å². The molecule has 3 aromatic rings. The first-order valence-corrected chi connectivity index (χ1v) is 6.79. The van der Waals surface area contributed by atoms with Crippen LogP contribution in [0.4, 0.5) is 0 Å². The zero-order valence-corrected chi connectivity index (χ0v) is 11.9. The highest BCUT2D eigenvalue weighted by Crippen LogP contribution is 2.20. The molecule has 108 valence electrons. The van der Waals surface area contributed by atoms with Crippen molar-refractivity contribution in [1.82, 2.24) is 19.3 Å². The van der Waals surface area contributed by atoms with Crippen molar-refractivity contribution in [3.8, 4) is 0 Å². The van der Waals surface area contributed by atoms with Crippen molar-refractivity contribution in [3.63, 3.8) is 0 Å². The van der Waals surface area contributed by atoms with Crippen molar-refractivity contribution in [1.29, 1.82) is 0 Å². The predicted molar refractivity (Wildman–Crippen MR) is 78.4 cm³/mol. The van der Waals surface area contributed by atoms with Gasteiger partial charge in [0.25, 0.3) is 0 Å². The van der Waals surface area contributed by atoms with Gasteiger partial charge in [0.15, 0.2) is 0 Å². The molecule has 3 rings (SSSR count). The van der Waals surface area contributed by atoms with Crippen LogP contribution >= 0.6 is 0 Å². The van der Waals surface area contributed by atoms with E-state index in [9.17, 15) is 4.79 Å². The minimum absolute atomic E-state index is 0.260. The largest absolute Gasteiger partial charge is 0.478 e. The van der Waals surface area contributed by atoms with Gasteiger partial charge in [-0.25, -0.2) is 9.78 Å². The predicted octanol–water partition coefficient (Wildman–Crippen LogP) is 2.08. The second kappa shape index (κ2) is 5.05. The standard InChI is InChI=1S/C15H16N4O2/c1-3-14-17-12-8-10(15(20)21)4-5-13(12)19(14)9-11-6-7-16-18(11)2/h4-8H,3,9H2,1-2H3,(H,20,21). The number of imidazole rings is 1. The van der Waals surface area contributed by atoms with Crippen molar-refractivity contribution < 1.29 is 9.90 Å². The smallest absolute Gasteiger partial charge is 0.335 e. The summed E-state index contributed by atoms with van der Waals surface area (Å²) in [6.07, 6.45) is 2.55. The van der Waals surface area contributed by atoms with Crippen LogP contribution < -0.4 is 0 Å². The van der Waals surface area contributed by atoms with Gasteiger partial charge < -0.3 is 9.67 Å². The fourth-order valence-electron chi connectivity index (χ4n) is 2.48. The molecule has 0 fully saturated rings. The number of aromatic nitrogens is 4. The molecule has 0 aliphatic heterocycles. The molecule has 21 heavy (non-hydrogen) atoms. The molecular weight excluding hydrogens is 268 g/mol. The first-order chi connectivity index (χ1) is 10.1. The number of benzene rings is 1. The Morgan fingerprint density at radius 3 is 2.76 bits per heavy atom. The number of rotatable bonds is 4. The Kier molecular flexibility index (Phi) is 3.21. The molecule has 6 heteroatoms. The maximum Gasteiger partial charge on any atom is 0.335 e. The van der Waals surface area contributed by atoms with Gasteiger partial charge in [0.2, 0.25) is 0 Å². The van der Waals surface area contributed by atoms with Crippen LogP contribution in [0, 0.1) is 0 Å². The third kappa shape index (κ3) is 2.29. The van der Waals surface area contributed by atoms with E-state index >= 15 is 0 Å². The van der Waals surface area contributed by atoms with Crippen LogP contribution in [0.3, 0.4) is 0 Å². The van der Waals surface area contributed by atoms with E-state index in [1.54, 1.807) is 18.3 Å². The van der Waals surface area contributed by atoms with Crippen LogP contribution in [0.2, 0.25) is 0 Å². The summed E-state index contributed by atoms with van der Waals surface area (Å²) < 4.78 is 3.94. The molecule has 0 aliphatic rings. The molecule has 1 N–H and O–H groups in total. The number of aryl methyl sites for hydroxylation is 2. The van der Waals surface area contributed by atoms with Gasteiger partial charge in [0.05, 0.1) is 28.8 Å². The average Bonchev–Trinajstić information content (AvgIpc) is 3.03. The SMILES string of the molecule is CCc1nc2cc(C(=O)O)ccc2n1Cc1ccnn1C. The fourth-order valence-corrected chi connectivity index (χ4v) is 2.48. The second-order valence-electron chi connectivity index (χ2n) is 4.92. The van der Waals surface area contributed by atoms with Crippen LogP contribution in [-0.4, -0.2) is 30.4 Å². The highest BCUT2D eigenvalue weighted by Gasteiger charge is 2.13. The highest BCUT2D eigenvalue weighted by molar-refractivity contribution is 5.92. The highest BCUT2D eigenvalue weighted by atomic mass is 16.4. The maximum atomic E-state index is 11.1. The Bertz CT molecular complexity index is 816. The molecule has 2 heterocycles. The summed E-state index contributed by atoms with van der Waals surface area (Å²) in [4.78, 5) is 15.6. The summed E-state index contributed by atoms with van der Waals surface area (Å²) in [5, 5.41) is 13.3. The summed E-state index contributed by atoms with van der Waals surface area (Å²) in [5.41, 5.74) is 2.99. The third-order valence-electron chi connectivity index (χ3n) is 3.63. The maximum absolute atomic E-state index is 11.1. The Morgan fingerprint density at radius 2 is 2.14 bits per heavy atom. The summed E-state index contributed by atoms with van der Waals surface area (Å²) in [6, 6.07) is 7.03. The zero-order chi connectivity index (χ0) is 15.0. The van der Waals surface area contributed by atoms with E-state index in [-0.39, 0.29) is 5.56 Å². The van der Waals surface area contributed by atoms with Gasteiger partial charge >= 0.3 is 5.97 Å². The lowest BCUT2D eigenvalue weighted by Gasteiger charge is -2.08. The molecular formula is C15H16N4O2. The van der Waals surface area contributed by atoms with Crippen molar-refractivity contribution in [2.24, 2.45) is 7.05 Å². The summed E-state index contributed by atoms with van der Waals surface area (Å²) in [5.74, 6) is 0.00451. The minimum Gasteiger partial charge on any atom is -0.478 e. The van der Waals surface area contributed by atoms with Crippen molar-refractivity contribution in [3.05, 3.63) is 47.5 Å². The van der Waals surface area contributed by atoms with Gasteiger partial charge in [-0.2, -0.15) is 5.10 Å². The van der Waals surface area contributed by atoms with E-state index in [0.29, 0.717) is 12.1 Å². The molecule has 2 aromatic heterocycles. The molecule has 0 amide bonds. The molecule has 0 atom stereocenters. The Balaban J connectivity index is 2.12. The third-order valence-corrected chi connectivity index (χ3v) is 3.63. The molecule has 0 bridgehead atoms. The number of aromatic carboxylic acids is 1. The number of hydrogen-bond donors (Lipinski definition) is 1. The van der Waals surface area contributed by atoms with Crippen molar-refractivity contribution in [2.45, 2.75) is 19.9 Å². The van der Waals surface area contributed by atoms with E-state index in [4.69, 9.17) is 5.11 Å². The molecule has 6 nitrogen and oxygen atoms in total. The van der Waals surface area contributed by atoms with Gasteiger partial charge in [-0.05, 0) is 24.3 Å². The molecule has 0 saturated carbocycles. The first-order valence-electron chi connectivity index (χ1n) is 6.79. The van der Waals surface area contributed by atoms with E-state index in [1.807, 2.05) is 30.8 Å². The van der Waals surface area contributed by atoms with E-state index in [0.717, 1.165) is 23.5 Å². The molecule has 0 saturated heterocycles. The second-order valence-corrected chi connectivity index (χ2v) is 4.92. The van der Waals surface area contributed by atoms with Crippen molar-refractivity contribution >= 4 is 17.0 Å². The van der Waals surface area contributed by atoms with Crippen LogP contribution in [-0.2, 0) is 20.0 Å². The molecule has 0 radical (unpaired) electrons. The quantitative estimate of drug-likeness (QED) is 0.796. The van der Waals surface area contributed by atoms with Crippen LogP contribution in [0.5, 0.6) is 0 Å². The first kappa shape index (κ1) is 13.4. The van der Waals surface area contributed by atoms with Crippen molar-refractivity contribution in [2.75, 3.05) is 0 Å². The number of hydrogen-bond acceptors (Lipinski definition) is 3. The van der Waals surface area contributed by atoms with Gasteiger partial charge in [-0.1, -0.05) is 6.92 Å². The molecule has 0 unspecified atom stereocenters. The number of nitrogens with zero attached hydrogens (tertiary/aromatic N) is 4.